The Labute approximate surface area is 115 Å². The first-order chi connectivity index (χ1) is 9.36. The van der Waals surface area contributed by atoms with Gasteiger partial charge in [0, 0.05) is 13.1 Å². The number of amides is 2. The molecule has 2 atom stereocenters. The van der Waals surface area contributed by atoms with Crippen LogP contribution in [0.15, 0.2) is 0 Å². The summed E-state index contributed by atoms with van der Waals surface area (Å²) in [6.45, 7) is 3.76. The van der Waals surface area contributed by atoms with Crippen LogP contribution < -0.4 is 16.0 Å². The zero-order valence-corrected chi connectivity index (χ0v) is 11.3. The van der Waals surface area contributed by atoms with Crippen molar-refractivity contribution in [2.24, 2.45) is 5.92 Å². The Bertz CT molecular complexity index is 347. The molecule has 8 heteroatoms. The van der Waals surface area contributed by atoms with Gasteiger partial charge in [-0.2, -0.15) is 13.2 Å². The Morgan fingerprint density at radius 3 is 2.55 bits per heavy atom. The summed E-state index contributed by atoms with van der Waals surface area (Å²) in [6, 6.07) is -1.84. The van der Waals surface area contributed by atoms with E-state index >= 15 is 0 Å². The van der Waals surface area contributed by atoms with Gasteiger partial charge in [-0.15, -0.1) is 0 Å². The number of alkyl halides is 3. The molecule has 1 aliphatic heterocycles. The number of nitrogens with one attached hydrogen (secondary N) is 3. The number of hydrogen-bond donors (Lipinski definition) is 3. The summed E-state index contributed by atoms with van der Waals surface area (Å²) in [4.78, 5) is 23.3. The first-order valence-electron chi connectivity index (χ1n) is 6.71. The van der Waals surface area contributed by atoms with E-state index in [1.54, 1.807) is 0 Å². The lowest BCUT2D eigenvalue weighted by molar-refractivity contribution is -0.171. The summed E-state index contributed by atoms with van der Waals surface area (Å²) in [7, 11) is 0. The third-order valence-corrected chi connectivity index (χ3v) is 3.12. The third kappa shape index (κ3) is 4.99. The Morgan fingerprint density at radius 1 is 1.30 bits per heavy atom. The quantitative estimate of drug-likeness (QED) is 0.495. The van der Waals surface area contributed by atoms with Crippen LogP contribution in [0.1, 0.15) is 26.2 Å². The molecule has 0 radical (unpaired) electrons. The summed E-state index contributed by atoms with van der Waals surface area (Å²) >= 11 is 0. The summed E-state index contributed by atoms with van der Waals surface area (Å²) in [5, 5.41) is 7.48. The minimum atomic E-state index is -4.46. The van der Waals surface area contributed by atoms with Crippen molar-refractivity contribution >= 4 is 11.8 Å². The number of piperidine rings is 1. The van der Waals surface area contributed by atoms with E-state index in [9.17, 15) is 22.8 Å². The van der Waals surface area contributed by atoms with Crippen molar-refractivity contribution in [3.05, 3.63) is 0 Å². The van der Waals surface area contributed by atoms with E-state index in [4.69, 9.17) is 0 Å². The van der Waals surface area contributed by atoms with Crippen LogP contribution in [-0.4, -0.2) is 43.7 Å². The molecule has 20 heavy (non-hydrogen) atoms. The second-order valence-corrected chi connectivity index (χ2v) is 4.77. The fourth-order valence-corrected chi connectivity index (χ4v) is 2.00. The van der Waals surface area contributed by atoms with Gasteiger partial charge in [0.05, 0.1) is 0 Å². The molecule has 0 aromatic heterocycles. The zero-order valence-electron chi connectivity index (χ0n) is 11.3. The summed E-state index contributed by atoms with van der Waals surface area (Å²) in [5.41, 5.74) is 0. The topological polar surface area (TPSA) is 70.2 Å². The first kappa shape index (κ1) is 16.7. The molecule has 1 rings (SSSR count). The average molecular weight is 295 g/mol. The molecule has 2 unspecified atom stereocenters. The minimum absolute atomic E-state index is 0.0791. The number of hydrogen-bond acceptors (Lipinski definition) is 3. The predicted molar refractivity (Wildman–Crippen MR) is 66.9 cm³/mol. The highest BCUT2D eigenvalue weighted by Gasteiger charge is 2.45. The Kier molecular flexibility index (Phi) is 6.25. The summed E-state index contributed by atoms with van der Waals surface area (Å²) < 4.78 is 37.3. The van der Waals surface area contributed by atoms with Crippen LogP contribution in [0.5, 0.6) is 0 Å². The van der Waals surface area contributed by atoms with E-state index in [2.05, 4.69) is 10.6 Å². The fourth-order valence-electron chi connectivity index (χ4n) is 2.00. The summed E-state index contributed by atoms with van der Waals surface area (Å²) in [5.74, 6) is -2.39. The van der Waals surface area contributed by atoms with E-state index in [0.29, 0.717) is 13.1 Å². The number of rotatable bonds is 6. The molecule has 0 saturated carbocycles. The van der Waals surface area contributed by atoms with Gasteiger partial charge in [0.2, 0.25) is 11.8 Å². The highest BCUT2D eigenvalue weighted by atomic mass is 19.4. The molecule has 5 nitrogen and oxygen atoms in total. The monoisotopic (exact) mass is 295 g/mol. The van der Waals surface area contributed by atoms with Crippen molar-refractivity contribution in [3.63, 3.8) is 0 Å². The molecule has 1 saturated heterocycles. The van der Waals surface area contributed by atoms with Gasteiger partial charge in [-0.25, -0.2) is 0 Å². The van der Waals surface area contributed by atoms with E-state index < -0.39 is 30.0 Å². The molecule has 1 aliphatic rings. The van der Waals surface area contributed by atoms with Gasteiger partial charge < -0.3 is 16.0 Å². The van der Waals surface area contributed by atoms with Crippen LogP contribution in [0.3, 0.4) is 0 Å². The lowest BCUT2D eigenvalue weighted by Gasteiger charge is -2.29. The van der Waals surface area contributed by atoms with E-state index in [1.165, 1.54) is 0 Å². The highest BCUT2D eigenvalue weighted by Crippen LogP contribution is 2.28. The van der Waals surface area contributed by atoms with Gasteiger partial charge in [-0.05, 0) is 25.8 Å². The molecule has 0 bridgehead atoms. The second-order valence-electron chi connectivity index (χ2n) is 4.77. The molecule has 0 aromatic rings. The molecule has 1 fully saturated rings. The minimum Gasteiger partial charge on any atom is -0.354 e. The second kappa shape index (κ2) is 7.47. The molecule has 3 N–H and O–H groups in total. The Balaban J connectivity index is 2.34. The molecule has 1 heterocycles. The molecule has 0 aromatic carbocycles. The van der Waals surface area contributed by atoms with E-state index in [0.717, 1.165) is 13.0 Å². The van der Waals surface area contributed by atoms with Gasteiger partial charge >= 0.3 is 6.18 Å². The Hall–Kier alpha value is -1.31. The van der Waals surface area contributed by atoms with Crippen LogP contribution in [0.2, 0.25) is 0 Å². The van der Waals surface area contributed by atoms with Crippen molar-refractivity contribution in [2.45, 2.75) is 38.4 Å². The maximum atomic E-state index is 12.4. The van der Waals surface area contributed by atoms with Gasteiger partial charge in [-0.3, -0.25) is 9.59 Å². The molecular formula is C12H20F3N3O2. The first-order valence-corrected chi connectivity index (χ1v) is 6.71. The average Bonchev–Trinajstić information content (AvgIpc) is 2.37. The predicted octanol–water partition coefficient (Wildman–Crippen LogP) is 0.559. The summed E-state index contributed by atoms with van der Waals surface area (Å²) in [6.07, 6.45) is -3.83. The van der Waals surface area contributed by atoms with Crippen molar-refractivity contribution in [2.75, 3.05) is 19.6 Å². The van der Waals surface area contributed by atoms with Crippen LogP contribution in [0, 0.1) is 5.92 Å². The maximum absolute atomic E-state index is 12.4. The van der Waals surface area contributed by atoms with E-state index in [1.807, 2.05) is 12.2 Å². The van der Waals surface area contributed by atoms with Crippen molar-refractivity contribution < 1.29 is 22.8 Å². The third-order valence-electron chi connectivity index (χ3n) is 3.12. The smallest absolute Gasteiger partial charge is 0.354 e. The van der Waals surface area contributed by atoms with Gasteiger partial charge in [0.25, 0.3) is 0 Å². The zero-order chi connectivity index (χ0) is 15.2. The largest absolute Gasteiger partial charge is 0.408 e. The van der Waals surface area contributed by atoms with Crippen molar-refractivity contribution in [1.29, 1.82) is 0 Å². The highest BCUT2D eigenvalue weighted by molar-refractivity contribution is 6.00. The van der Waals surface area contributed by atoms with Crippen LogP contribution in [0.25, 0.3) is 0 Å². The van der Waals surface area contributed by atoms with Gasteiger partial charge in [-0.1, -0.05) is 6.92 Å². The lowest BCUT2D eigenvalue weighted by Crippen LogP contribution is -2.54. The molecule has 2 amide bonds. The molecule has 0 aliphatic carbocycles. The van der Waals surface area contributed by atoms with Crippen LogP contribution in [0.4, 0.5) is 13.2 Å². The Morgan fingerprint density at radius 2 is 2.00 bits per heavy atom. The number of carbonyl (C=O) groups is 2. The van der Waals surface area contributed by atoms with Crippen molar-refractivity contribution in [3.8, 4) is 0 Å². The van der Waals surface area contributed by atoms with Crippen LogP contribution in [-0.2, 0) is 9.59 Å². The van der Waals surface area contributed by atoms with Crippen molar-refractivity contribution in [1.82, 2.24) is 16.0 Å². The number of halogens is 3. The van der Waals surface area contributed by atoms with Gasteiger partial charge in [0.1, 0.15) is 12.0 Å². The normalized spacial score (nSPS) is 23.3. The molecule has 116 valence electrons. The SMILES string of the molecule is CCCNCCNC(=O)C1CCC(C(F)(F)F)NC1=O. The van der Waals surface area contributed by atoms with Crippen LogP contribution >= 0.6 is 0 Å². The van der Waals surface area contributed by atoms with Gasteiger partial charge in [0.15, 0.2) is 0 Å². The molecular weight excluding hydrogens is 275 g/mol. The van der Waals surface area contributed by atoms with E-state index in [-0.39, 0.29) is 12.8 Å². The maximum Gasteiger partial charge on any atom is 0.408 e. The fraction of sp³-hybridized carbons (Fsp3) is 0.833. The standard InChI is InChI=1S/C12H20F3N3O2/c1-2-5-16-6-7-17-10(19)8-3-4-9(12(13,14)15)18-11(8)20/h8-9,16H,2-7H2,1H3,(H,17,19)(H,18,20). The lowest BCUT2D eigenvalue weighted by atomic mass is 9.93. The number of carbonyl (C=O) groups excluding carboxylic acids is 2. The molecule has 0 spiro atoms.